The Hall–Kier alpha value is -0.620. The molecule has 1 aromatic rings. The van der Waals surface area contributed by atoms with Crippen molar-refractivity contribution >= 4 is 11.6 Å². The van der Waals surface area contributed by atoms with Crippen molar-refractivity contribution < 1.29 is 5.11 Å². The Labute approximate surface area is 126 Å². The quantitative estimate of drug-likeness (QED) is 0.909. The minimum atomic E-state index is -0.265. The molecule has 1 aliphatic rings. The second kappa shape index (κ2) is 6.43. The van der Waals surface area contributed by atoms with E-state index in [1.54, 1.807) is 4.68 Å². The van der Waals surface area contributed by atoms with Crippen LogP contribution in [0.1, 0.15) is 25.1 Å². The zero-order valence-corrected chi connectivity index (χ0v) is 13.6. The number of β-amino-alcohol motifs (C(OH)–C–C–N with tert-alkyl or cyclic N) is 1. The lowest BCUT2D eigenvalue weighted by Gasteiger charge is -2.40. The SMILES string of the molecule is Cc1nn(C)c(Cl)c1CN1CCN(C[C@@H](C)O)[C@@H](C)C1. The smallest absolute Gasteiger partial charge is 0.131 e. The standard InChI is InChI=1S/C14H25ClN4O/c1-10-7-18(5-6-19(10)8-11(2)20)9-13-12(3)16-17(4)14(13)15/h10-11,20H,5-9H2,1-4H3/t10-,11+/m0/s1. The maximum atomic E-state index is 9.52. The molecule has 114 valence electrons. The molecule has 2 rings (SSSR count). The van der Waals surface area contributed by atoms with Crippen LogP contribution in [0.5, 0.6) is 0 Å². The zero-order valence-electron chi connectivity index (χ0n) is 12.8. The molecule has 5 nitrogen and oxygen atoms in total. The Morgan fingerprint density at radius 3 is 2.65 bits per heavy atom. The predicted octanol–water partition coefficient (Wildman–Crippen LogP) is 1.27. The van der Waals surface area contributed by atoms with Gasteiger partial charge < -0.3 is 5.11 Å². The topological polar surface area (TPSA) is 44.5 Å². The molecule has 0 bridgehead atoms. The van der Waals surface area contributed by atoms with Crippen LogP contribution in [-0.4, -0.2) is 63.0 Å². The third-order valence-corrected chi connectivity index (χ3v) is 4.47. The Morgan fingerprint density at radius 1 is 1.45 bits per heavy atom. The van der Waals surface area contributed by atoms with E-state index in [2.05, 4.69) is 21.8 Å². The monoisotopic (exact) mass is 300 g/mol. The minimum absolute atomic E-state index is 0.265. The average molecular weight is 301 g/mol. The van der Waals surface area contributed by atoms with Crippen LogP contribution >= 0.6 is 11.6 Å². The van der Waals surface area contributed by atoms with Crippen LogP contribution in [0.3, 0.4) is 0 Å². The van der Waals surface area contributed by atoms with Crippen LogP contribution in [0.2, 0.25) is 5.15 Å². The number of nitrogens with zero attached hydrogens (tertiary/aromatic N) is 4. The highest BCUT2D eigenvalue weighted by molar-refractivity contribution is 6.30. The van der Waals surface area contributed by atoms with Crippen molar-refractivity contribution in [3.8, 4) is 0 Å². The van der Waals surface area contributed by atoms with Gasteiger partial charge in [0, 0.05) is 51.4 Å². The lowest BCUT2D eigenvalue weighted by Crippen LogP contribution is -2.53. The molecule has 0 radical (unpaired) electrons. The molecular weight excluding hydrogens is 276 g/mol. The van der Waals surface area contributed by atoms with Crippen molar-refractivity contribution in [1.29, 1.82) is 0 Å². The Balaban J connectivity index is 1.96. The Morgan fingerprint density at radius 2 is 2.15 bits per heavy atom. The fourth-order valence-corrected chi connectivity index (χ4v) is 3.14. The summed E-state index contributed by atoms with van der Waals surface area (Å²) in [5.41, 5.74) is 2.14. The number of piperazine rings is 1. The number of aryl methyl sites for hydroxylation is 2. The van der Waals surface area contributed by atoms with Gasteiger partial charge in [0.15, 0.2) is 0 Å². The van der Waals surface area contributed by atoms with Crippen LogP contribution in [-0.2, 0) is 13.6 Å². The normalized spacial score (nSPS) is 23.2. The molecular formula is C14H25ClN4O. The number of aliphatic hydroxyl groups excluding tert-OH is 1. The molecule has 1 fully saturated rings. The summed E-state index contributed by atoms with van der Waals surface area (Å²) in [7, 11) is 1.88. The molecule has 20 heavy (non-hydrogen) atoms. The van der Waals surface area contributed by atoms with Crippen LogP contribution in [0.15, 0.2) is 0 Å². The van der Waals surface area contributed by atoms with Crippen molar-refractivity contribution in [3.05, 3.63) is 16.4 Å². The molecule has 1 N–H and O–H groups in total. The van der Waals surface area contributed by atoms with E-state index in [1.807, 2.05) is 20.9 Å². The van der Waals surface area contributed by atoms with Crippen molar-refractivity contribution in [1.82, 2.24) is 19.6 Å². The molecule has 0 amide bonds. The van der Waals surface area contributed by atoms with Gasteiger partial charge >= 0.3 is 0 Å². The van der Waals surface area contributed by atoms with Crippen molar-refractivity contribution in [2.75, 3.05) is 26.2 Å². The van der Waals surface area contributed by atoms with Gasteiger partial charge in [-0.3, -0.25) is 14.5 Å². The molecule has 0 saturated carbocycles. The molecule has 0 unspecified atom stereocenters. The summed E-state index contributed by atoms with van der Waals surface area (Å²) in [6.07, 6.45) is -0.265. The van der Waals surface area contributed by atoms with Gasteiger partial charge in [0.05, 0.1) is 11.8 Å². The molecule has 0 aromatic carbocycles. The van der Waals surface area contributed by atoms with Gasteiger partial charge in [0.25, 0.3) is 0 Å². The van der Waals surface area contributed by atoms with Crippen LogP contribution in [0.4, 0.5) is 0 Å². The van der Waals surface area contributed by atoms with Gasteiger partial charge in [0.1, 0.15) is 5.15 Å². The maximum Gasteiger partial charge on any atom is 0.131 e. The van der Waals surface area contributed by atoms with Crippen molar-refractivity contribution in [2.45, 2.75) is 39.5 Å². The van der Waals surface area contributed by atoms with Gasteiger partial charge in [-0.2, -0.15) is 5.10 Å². The first-order valence-corrected chi connectivity index (χ1v) is 7.58. The van der Waals surface area contributed by atoms with E-state index >= 15 is 0 Å². The van der Waals surface area contributed by atoms with Crippen LogP contribution in [0, 0.1) is 6.92 Å². The summed E-state index contributed by atoms with van der Waals surface area (Å²) in [5, 5.41) is 14.6. The van der Waals surface area contributed by atoms with Crippen LogP contribution in [0.25, 0.3) is 0 Å². The van der Waals surface area contributed by atoms with Gasteiger partial charge in [-0.05, 0) is 20.8 Å². The zero-order chi connectivity index (χ0) is 14.9. The second-order valence-corrected chi connectivity index (χ2v) is 6.26. The van der Waals surface area contributed by atoms with E-state index in [0.717, 1.165) is 49.1 Å². The van der Waals surface area contributed by atoms with Gasteiger partial charge in [-0.25, -0.2) is 0 Å². The lowest BCUT2D eigenvalue weighted by molar-refractivity contribution is 0.0422. The fourth-order valence-electron chi connectivity index (χ4n) is 2.90. The first-order valence-electron chi connectivity index (χ1n) is 7.21. The molecule has 2 heterocycles. The molecule has 2 atom stereocenters. The first-order chi connectivity index (χ1) is 9.38. The highest BCUT2D eigenvalue weighted by Gasteiger charge is 2.25. The number of halogens is 1. The largest absolute Gasteiger partial charge is 0.392 e. The Bertz CT molecular complexity index is 460. The lowest BCUT2D eigenvalue weighted by atomic mass is 10.1. The minimum Gasteiger partial charge on any atom is -0.392 e. The summed E-state index contributed by atoms with van der Waals surface area (Å²) in [5.74, 6) is 0. The third-order valence-electron chi connectivity index (χ3n) is 4.00. The summed E-state index contributed by atoms with van der Waals surface area (Å²) in [6.45, 7) is 10.7. The summed E-state index contributed by atoms with van der Waals surface area (Å²) in [6, 6.07) is 0.453. The van der Waals surface area contributed by atoms with Crippen molar-refractivity contribution in [2.24, 2.45) is 7.05 Å². The molecule has 0 aliphatic carbocycles. The van der Waals surface area contributed by atoms with E-state index in [1.165, 1.54) is 0 Å². The van der Waals surface area contributed by atoms with Crippen LogP contribution < -0.4 is 0 Å². The molecule has 6 heteroatoms. The third kappa shape index (κ3) is 3.52. The van der Waals surface area contributed by atoms with E-state index in [4.69, 9.17) is 11.6 Å². The highest BCUT2D eigenvalue weighted by Crippen LogP contribution is 2.22. The van der Waals surface area contributed by atoms with Gasteiger partial charge in [-0.15, -0.1) is 0 Å². The summed E-state index contributed by atoms with van der Waals surface area (Å²) < 4.78 is 1.74. The average Bonchev–Trinajstić information content (AvgIpc) is 2.59. The molecule has 1 saturated heterocycles. The number of aliphatic hydroxyl groups is 1. The number of hydrogen-bond donors (Lipinski definition) is 1. The second-order valence-electron chi connectivity index (χ2n) is 5.91. The fraction of sp³-hybridized carbons (Fsp3) is 0.786. The highest BCUT2D eigenvalue weighted by atomic mass is 35.5. The van der Waals surface area contributed by atoms with Crippen molar-refractivity contribution in [3.63, 3.8) is 0 Å². The predicted molar refractivity (Wildman–Crippen MR) is 80.9 cm³/mol. The van der Waals surface area contributed by atoms with E-state index < -0.39 is 0 Å². The summed E-state index contributed by atoms with van der Waals surface area (Å²) >= 11 is 6.30. The molecule has 1 aliphatic heterocycles. The number of hydrogen-bond acceptors (Lipinski definition) is 4. The number of rotatable bonds is 4. The van der Waals surface area contributed by atoms with E-state index in [-0.39, 0.29) is 6.10 Å². The first kappa shape index (κ1) is 15.8. The number of aromatic nitrogens is 2. The Kier molecular flexibility index (Phi) is 5.07. The van der Waals surface area contributed by atoms with E-state index in [0.29, 0.717) is 6.04 Å². The van der Waals surface area contributed by atoms with E-state index in [9.17, 15) is 5.11 Å². The molecule has 1 aromatic heterocycles. The summed E-state index contributed by atoms with van der Waals surface area (Å²) in [4.78, 5) is 4.76. The maximum absolute atomic E-state index is 9.52. The van der Waals surface area contributed by atoms with Gasteiger partial charge in [0.2, 0.25) is 0 Å². The molecule has 0 spiro atoms. The van der Waals surface area contributed by atoms with Gasteiger partial charge in [-0.1, -0.05) is 11.6 Å².